The van der Waals surface area contributed by atoms with E-state index in [1.807, 2.05) is 36.4 Å². The van der Waals surface area contributed by atoms with Crippen LogP contribution in [-0.2, 0) is 0 Å². The molecule has 0 atom stereocenters. The van der Waals surface area contributed by atoms with Crippen molar-refractivity contribution in [2.75, 3.05) is 0 Å². The van der Waals surface area contributed by atoms with Crippen LogP contribution in [0.4, 0.5) is 0 Å². The predicted molar refractivity (Wildman–Crippen MR) is 339 cm³/mol. The maximum atomic E-state index is 5.50. The summed E-state index contributed by atoms with van der Waals surface area (Å²) in [4.78, 5) is 16.2. The van der Waals surface area contributed by atoms with E-state index in [0.29, 0.717) is 17.5 Å². The van der Waals surface area contributed by atoms with Crippen LogP contribution in [0.5, 0.6) is 0 Å². The van der Waals surface area contributed by atoms with Crippen molar-refractivity contribution in [1.29, 1.82) is 0 Å². The molecule has 0 saturated carbocycles. The molecule has 0 aliphatic carbocycles. The summed E-state index contributed by atoms with van der Waals surface area (Å²) in [6.45, 7) is 0. The number of fused-ring (bicyclic) bond motifs is 12. The molecule has 7 nitrogen and oxygen atoms in total. The molecule has 0 fully saturated rings. The Balaban J connectivity index is 0.978. The average molecular weight is 1050 g/mol. The van der Waals surface area contributed by atoms with Crippen LogP contribution in [0.3, 0.4) is 0 Å². The van der Waals surface area contributed by atoms with Crippen molar-refractivity contribution in [3.05, 3.63) is 285 Å². The van der Waals surface area contributed by atoms with E-state index in [0.717, 1.165) is 105 Å². The minimum atomic E-state index is 0.568. The lowest BCUT2D eigenvalue weighted by Gasteiger charge is -2.17. The molecule has 12 aromatic carbocycles. The summed E-state index contributed by atoms with van der Waals surface area (Å²) < 4.78 is 9.65. The van der Waals surface area contributed by atoms with E-state index in [4.69, 9.17) is 15.0 Å². The standard InChI is InChI=1S/C75H47N7/c1-4-20-48(21-5-1)73-76-74(49-22-6-2-7-23-49)78-75(77-73)63-45-51(50-36-42-69-62(44-50)59-30-14-19-35-68(59)79(69)52-24-8-3-9-25-52)37-43-70(63)82-71-46-53(80-64-31-15-10-26-55(64)56-27-11-16-32-65(56)80)38-40-60(71)61-41-39-54(47-72(61)82)81-66-33-17-12-28-57(66)58-29-13-18-34-67(58)81/h1-47H. The normalized spacial score (nSPS) is 11.9. The van der Waals surface area contributed by atoms with E-state index < -0.39 is 0 Å². The third-order valence-electron chi connectivity index (χ3n) is 16.6. The van der Waals surface area contributed by atoms with Gasteiger partial charge in [-0.3, -0.25) is 0 Å². The zero-order valence-electron chi connectivity index (χ0n) is 44.3. The summed E-state index contributed by atoms with van der Waals surface area (Å²) in [6, 6.07) is 103. The Hall–Kier alpha value is -11.2. The molecule has 0 N–H and O–H groups in total. The smallest absolute Gasteiger partial charge is 0.166 e. The Morgan fingerprint density at radius 3 is 1.02 bits per heavy atom. The van der Waals surface area contributed by atoms with Crippen molar-refractivity contribution in [1.82, 2.24) is 33.2 Å². The van der Waals surface area contributed by atoms with Gasteiger partial charge >= 0.3 is 0 Å². The van der Waals surface area contributed by atoms with E-state index in [-0.39, 0.29) is 0 Å². The quantitative estimate of drug-likeness (QED) is 0.152. The van der Waals surface area contributed by atoms with Crippen LogP contribution in [0.15, 0.2) is 285 Å². The number of benzene rings is 12. The van der Waals surface area contributed by atoms with Gasteiger partial charge in [0.15, 0.2) is 17.5 Å². The maximum Gasteiger partial charge on any atom is 0.166 e. The number of para-hydroxylation sites is 6. The van der Waals surface area contributed by atoms with Crippen LogP contribution >= 0.6 is 0 Å². The average Bonchev–Trinajstić information content (AvgIpc) is 4.46. The molecule has 382 valence electrons. The van der Waals surface area contributed by atoms with Crippen LogP contribution in [0.25, 0.3) is 155 Å². The van der Waals surface area contributed by atoms with Crippen molar-refractivity contribution >= 4 is 87.2 Å². The van der Waals surface area contributed by atoms with Gasteiger partial charge in [-0.2, -0.15) is 0 Å². The molecule has 5 aromatic heterocycles. The van der Waals surface area contributed by atoms with Gasteiger partial charge in [0.2, 0.25) is 0 Å². The minimum absolute atomic E-state index is 0.568. The monoisotopic (exact) mass is 1050 g/mol. The van der Waals surface area contributed by atoms with E-state index in [2.05, 4.69) is 267 Å². The van der Waals surface area contributed by atoms with Crippen LogP contribution in [0.1, 0.15) is 0 Å². The van der Waals surface area contributed by atoms with Crippen molar-refractivity contribution < 1.29 is 0 Å². The number of nitrogens with zero attached hydrogens (tertiary/aromatic N) is 7. The second-order valence-electron chi connectivity index (χ2n) is 21.2. The lowest BCUT2D eigenvalue weighted by atomic mass is 9.99. The van der Waals surface area contributed by atoms with Crippen LogP contribution in [0.2, 0.25) is 0 Å². The Bertz CT molecular complexity index is 5060. The highest BCUT2D eigenvalue weighted by Crippen LogP contribution is 2.43. The molecule has 0 aliphatic rings. The van der Waals surface area contributed by atoms with Gasteiger partial charge in [0.1, 0.15) is 0 Å². The molecule has 0 amide bonds. The van der Waals surface area contributed by atoms with Gasteiger partial charge in [-0.1, -0.05) is 194 Å². The Morgan fingerprint density at radius 2 is 0.549 bits per heavy atom. The highest BCUT2D eigenvalue weighted by molar-refractivity contribution is 6.15. The Labute approximate surface area is 471 Å². The second-order valence-corrected chi connectivity index (χ2v) is 21.2. The lowest BCUT2D eigenvalue weighted by molar-refractivity contribution is 1.06. The van der Waals surface area contributed by atoms with E-state index in [9.17, 15) is 0 Å². The van der Waals surface area contributed by atoms with Crippen molar-refractivity contribution in [3.8, 4) is 68.0 Å². The fourth-order valence-electron chi connectivity index (χ4n) is 13.0. The van der Waals surface area contributed by atoms with Gasteiger partial charge < -0.3 is 18.3 Å². The Kier molecular flexibility index (Phi) is 10.2. The van der Waals surface area contributed by atoms with Crippen molar-refractivity contribution in [2.45, 2.75) is 0 Å². The Morgan fingerprint density at radius 1 is 0.195 bits per heavy atom. The third-order valence-corrected chi connectivity index (χ3v) is 16.6. The van der Waals surface area contributed by atoms with Crippen molar-refractivity contribution in [2.24, 2.45) is 0 Å². The zero-order valence-corrected chi connectivity index (χ0v) is 44.3. The molecule has 0 spiro atoms. The minimum Gasteiger partial charge on any atom is -0.309 e. The number of hydrogen-bond donors (Lipinski definition) is 0. The van der Waals surface area contributed by atoms with Crippen molar-refractivity contribution in [3.63, 3.8) is 0 Å². The third kappa shape index (κ3) is 7.06. The van der Waals surface area contributed by atoms with Gasteiger partial charge in [0.25, 0.3) is 0 Å². The van der Waals surface area contributed by atoms with Gasteiger partial charge in [-0.25, -0.2) is 15.0 Å². The highest BCUT2D eigenvalue weighted by atomic mass is 15.1. The molecule has 0 saturated heterocycles. The topological polar surface area (TPSA) is 58.4 Å². The largest absolute Gasteiger partial charge is 0.309 e. The fraction of sp³-hybridized carbons (Fsp3) is 0. The molecule has 0 radical (unpaired) electrons. The summed E-state index contributed by atoms with van der Waals surface area (Å²) in [5.74, 6) is 1.76. The first kappa shape index (κ1) is 45.8. The lowest BCUT2D eigenvalue weighted by Crippen LogP contribution is -2.04. The predicted octanol–water partition coefficient (Wildman–Crippen LogP) is 18.9. The second kappa shape index (κ2) is 18.2. The molecular formula is C75H47N7. The fourth-order valence-corrected chi connectivity index (χ4v) is 13.0. The molecule has 17 aromatic rings. The van der Waals surface area contributed by atoms with Gasteiger partial charge in [0.05, 0.1) is 49.8 Å². The summed E-state index contributed by atoms with van der Waals surface area (Å²) >= 11 is 0. The van der Waals surface area contributed by atoms with Crippen LogP contribution in [-0.4, -0.2) is 33.2 Å². The molecule has 0 aliphatic heterocycles. The first-order valence-electron chi connectivity index (χ1n) is 27.8. The van der Waals surface area contributed by atoms with Gasteiger partial charge in [-0.15, -0.1) is 0 Å². The number of hydrogen-bond acceptors (Lipinski definition) is 3. The molecular weight excluding hydrogens is 999 g/mol. The first-order valence-corrected chi connectivity index (χ1v) is 27.8. The summed E-state index contributed by atoms with van der Waals surface area (Å²) in [6.07, 6.45) is 0. The number of rotatable bonds is 8. The highest BCUT2D eigenvalue weighted by Gasteiger charge is 2.24. The zero-order chi connectivity index (χ0) is 53.8. The van der Waals surface area contributed by atoms with Gasteiger partial charge in [-0.05, 0) is 102 Å². The summed E-state index contributed by atoms with van der Waals surface area (Å²) in [5, 5.41) is 9.51. The molecule has 0 bridgehead atoms. The summed E-state index contributed by atoms with van der Waals surface area (Å²) in [7, 11) is 0. The molecule has 7 heteroatoms. The van der Waals surface area contributed by atoms with Crippen LogP contribution < -0.4 is 0 Å². The SMILES string of the molecule is c1ccc(-c2nc(-c3ccccc3)nc(-c3cc(-c4ccc5c(c4)c4ccccc4n5-c4ccccc4)ccc3-n3c4cc(-n5c6ccccc6c6ccccc65)ccc4c4ccc(-n5c6ccccc6c6ccccc65)cc43)n2)cc1. The maximum absolute atomic E-state index is 5.50. The van der Waals surface area contributed by atoms with Crippen LogP contribution in [0, 0.1) is 0 Å². The van der Waals surface area contributed by atoms with E-state index in [1.54, 1.807) is 0 Å². The van der Waals surface area contributed by atoms with Gasteiger partial charge in [0, 0.05) is 76.8 Å². The summed E-state index contributed by atoms with van der Waals surface area (Å²) in [5.41, 5.74) is 18.0. The van der Waals surface area contributed by atoms with E-state index in [1.165, 1.54) is 32.3 Å². The van der Waals surface area contributed by atoms with E-state index >= 15 is 0 Å². The molecule has 5 heterocycles. The number of aromatic nitrogens is 7. The molecule has 17 rings (SSSR count). The molecule has 82 heavy (non-hydrogen) atoms. The molecule has 0 unspecified atom stereocenters. The first-order chi connectivity index (χ1) is 40.7.